The van der Waals surface area contributed by atoms with E-state index in [0.717, 1.165) is 12.8 Å². The van der Waals surface area contributed by atoms with Crippen LogP contribution in [0.3, 0.4) is 0 Å². The second kappa shape index (κ2) is 21.1. The quantitative estimate of drug-likeness (QED) is 0.218. The zero-order valence-corrected chi connectivity index (χ0v) is 17.9. The fraction of sp³-hybridized carbons (Fsp3) is 0.944. The molecule has 0 fully saturated rings. The van der Waals surface area contributed by atoms with Crippen LogP contribution >= 0.6 is 0 Å². The van der Waals surface area contributed by atoms with Crippen molar-refractivity contribution >= 4 is 5.97 Å². The third kappa shape index (κ3) is 20.1. The molecule has 4 heteroatoms. The van der Waals surface area contributed by atoms with Crippen molar-refractivity contribution in [2.45, 2.75) is 110 Å². The first kappa shape index (κ1) is 24.3. The molecule has 0 aromatic heterocycles. The molecule has 0 rings (SSSR count). The van der Waals surface area contributed by atoms with Crippen LogP contribution in [0.15, 0.2) is 0 Å². The zero-order valence-electron chi connectivity index (χ0n) is 14.9. The summed E-state index contributed by atoms with van der Waals surface area (Å²) in [7, 11) is 0. The van der Waals surface area contributed by atoms with Crippen LogP contribution in [0.2, 0.25) is 0 Å². The second-order valence-electron chi connectivity index (χ2n) is 6.19. The normalized spacial score (nSPS) is 10.3. The van der Waals surface area contributed by atoms with E-state index in [9.17, 15) is 4.79 Å². The molecule has 0 radical (unpaired) electrons. The first-order chi connectivity index (χ1) is 10.3. The maximum atomic E-state index is 10.8. The fourth-order valence-corrected chi connectivity index (χ4v) is 2.70. The van der Waals surface area contributed by atoms with Gasteiger partial charge in [0.25, 0.3) is 0 Å². The van der Waals surface area contributed by atoms with Crippen molar-refractivity contribution in [2.75, 3.05) is 0 Å². The van der Waals surface area contributed by atoms with Crippen LogP contribution in [0.5, 0.6) is 0 Å². The third-order valence-electron chi connectivity index (χ3n) is 4.12. The van der Waals surface area contributed by atoms with Crippen molar-refractivity contribution in [3.05, 3.63) is 0 Å². The van der Waals surface area contributed by atoms with Crippen LogP contribution in [-0.4, -0.2) is 5.97 Å². The van der Waals surface area contributed by atoms with Crippen molar-refractivity contribution in [2.24, 2.45) is 5.90 Å². The fourth-order valence-electron chi connectivity index (χ4n) is 2.70. The van der Waals surface area contributed by atoms with Gasteiger partial charge in [0.2, 0.25) is 0 Å². The molecule has 0 amide bonds. The smallest absolute Gasteiger partial charge is 0.324 e. The molecule has 3 nitrogen and oxygen atoms in total. The third-order valence-corrected chi connectivity index (χ3v) is 4.12. The summed E-state index contributed by atoms with van der Waals surface area (Å²) in [6.45, 7) is 2.27. The first-order valence-electron chi connectivity index (χ1n) is 9.20. The Morgan fingerprint density at radius 3 is 1.32 bits per heavy atom. The number of unbranched alkanes of at least 4 members (excludes halogenated alkanes) is 14. The van der Waals surface area contributed by atoms with Crippen LogP contribution < -0.4 is 5.90 Å². The van der Waals surface area contributed by atoms with E-state index < -0.39 is 0 Å². The second-order valence-corrected chi connectivity index (χ2v) is 6.19. The number of rotatable bonds is 16. The van der Waals surface area contributed by atoms with E-state index in [2.05, 4.69) is 11.8 Å². The van der Waals surface area contributed by atoms with Gasteiger partial charge in [-0.05, 0) is 6.42 Å². The minimum Gasteiger partial charge on any atom is -0.373 e. The molecule has 0 unspecified atom stereocenters. The molecule has 0 aromatic carbocycles. The minimum absolute atomic E-state index is 0. The summed E-state index contributed by atoms with van der Waals surface area (Å²) >= 11 is 0. The zero-order chi connectivity index (χ0) is 15.6. The van der Waals surface area contributed by atoms with E-state index in [4.69, 9.17) is 5.90 Å². The Hall–Kier alpha value is 0.0534. The molecule has 0 heterocycles. The summed E-state index contributed by atoms with van der Waals surface area (Å²) in [4.78, 5) is 14.9. The van der Waals surface area contributed by atoms with Gasteiger partial charge in [0.15, 0.2) is 0 Å². The Balaban J connectivity index is 0. The van der Waals surface area contributed by atoms with Crippen LogP contribution in [0.25, 0.3) is 0 Å². The average molecular weight is 365 g/mol. The maximum Gasteiger partial charge on any atom is 0.324 e. The van der Waals surface area contributed by atoms with Crippen molar-refractivity contribution in [3.8, 4) is 0 Å². The standard InChI is InChI=1S/C18H37NO2.Zn/c1-2-3-4-5-6-7-8-9-10-11-12-13-14-15-16-17-18(20)21-19;/h2-17,19H2,1H3;. The molecular formula is C18H37NO2Zn. The van der Waals surface area contributed by atoms with E-state index >= 15 is 0 Å². The van der Waals surface area contributed by atoms with Crippen molar-refractivity contribution in [3.63, 3.8) is 0 Å². The SMILES string of the molecule is CCCCCCCCCCCCCCCCCC(=O)ON.[Zn]. The van der Waals surface area contributed by atoms with E-state index in [1.165, 1.54) is 83.5 Å². The Kier molecular flexibility index (Phi) is 23.3. The summed E-state index contributed by atoms with van der Waals surface area (Å²) < 4.78 is 0. The Morgan fingerprint density at radius 2 is 1.00 bits per heavy atom. The molecule has 0 aliphatic carbocycles. The van der Waals surface area contributed by atoms with Gasteiger partial charge in [-0.1, -0.05) is 96.8 Å². The van der Waals surface area contributed by atoms with Crippen LogP contribution in [0.4, 0.5) is 0 Å². The summed E-state index contributed by atoms with van der Waals surface area (Å²) in [6.07, 6.45) is 20.5. The van der Waals surface area contributed by atoms with E-state index in [1.54, 1.807) is 0 Å². The van der Waals surface area contributed by atoms with E-state index in [0.29, 0.717) is 6.42 Å². The Bertz CT molecular complexity index is 225. The summed E-state index contributed by atoms with van der Waals surface area (Å²) in [5.74, 6) is 4.50. The molecule has 0 bridgehead atoms. The number of hydrogen-bond donors (Lipinski definition) is 1. The molecule has 0 aromatic rings. The first-order valence-corrected chi connectivity index (χ1v) is 9.20. The number of nitrogens with two attached hydrogens (primary N) is 1. The summed E-state index contributed by atoms with van der Waals surface area (Å²) in [6, 6.07) is 0. The number of carbonyl (C=O) groups excluding carboxylic acids is 1. The predicted molar refractivity (Wildman–Crippen MR) is 89.8 cm³/mol. The van der Waals surface area contributed by atoms with Crippen molar-refractivity contribution in [1.29, 1.82) is 0 Å². The topological polar surface area (TPSA) is 52.3 Å². The van der Waals surface area contributed by atoms with E-state index in [1.807, 2.05) is 0 Å². The molecule has 2 N–H and O–H groups in total. The van der Waals surface area contributed by atoms with Gasteiger partial charge in [0.1, 0.15) is 0 Å². The molecule has 0 saturated heterocycles. The van der Waals surface area contributed by atoms with Crippen LogP contribution in [-0.2, 0) is 29.1 Å². The monoisotopic (exact) mass is 363 g/mol. The van der Waals surface area contributed by atoms with Gasteiger partial charge < -0.3 is 4.84 Å². The van der Waals surface area contributed by atoms with Crippen molar-refractivity contribution in [1.82, 2.24) is 0 Å². The molecule has 22 heavy (non-hydrogen) atoms. The van der Waals surface area contributed by atoms with Gasteiger partial charge in [-0.2, -0.15) is 5.90 Å². The van der Waals surface area contributed by atoms with Gasteiger partial charge in [-0.15, -0.1) is 0 Å². The molecule has 0 spiro atoms. The Labute approximate surface area is 150 Å². The molecule has 0 saturated carbocycles. The van der Waals surface area contributed by atoms with Gasteiger partial charge >= 0.3 is 5.97 Å². The minimum atomic E-state index is -0.287. The molecular weight excluding hydrogens is 328 g/mol. The van der Waals surface area contributed by atoms with Gasteiger partial charge in [-0.25, -0.2) is 0 Å². The van der Waals surface area contributed by atoms with E-state index in [-0.39, 0.29) is 25.4 Å². The molecule has 0 aliphatic rings. The average Bonchev–Trinajstić information content (AvgIpc) is 2.50. The number of carbonyl (C=O) groups is 1. The van der Waals surface area contributed by atoms with Crippen molar-refractivity contribution < 1.29 is 29.1 Å². The van der Waals surface area contributed by atoms with Crippen LogP contribution in [0.1, 0.15) is 110 Å². The Morgan fingerprint density at radius 1 is 0.682 bits per heavy atom. The molecule has 0 atom stereocenters. The van der Waals surface area contributed by atoms with Gasteiger partial charge in [0.05, 0.1) is 0 Å². The summed E-state index contributed by atoms with van der Waals surface area (Å²) in [5.41, 5.74) is 0. The van der Waals surface area contributed by atoms with Gasteiger partial charge in [0, 0.05) is 25.9 Å². The van der Waals surface area contributed by atoms with Gasteiger partial charge in [-0.3, -0.25) is 4.79 Å². The largest absolute Gasteiger partial charge is 0.373 e. The molecule has 128 valence electrons. The molecule has 0 aliphatic heterocycles. The number of hydrogen-bond acceptors (Lipinski definition) is 3. The maximum absolute atomic E-state index is 10.8. The summed E-state index contributed by atoms with van der Waals surface area (Å²) in [5, 5.41) is 0. The predicted octanol–water partition coefficient (Wildman–Crippen LogP) is 5.66. The van der Waals surface area contributed by atoms with Crippen LogP contribution in [0, 0.1) is 0 Å².